The van der Waals surface area contributed by atoms with Crippen LogP contribution in [0.1, 0.15) is 32.8 Å². The lowest BCUT2D eigenvalue weighted by molar-refractivity contribution is -0.134. The maximum Gasteiger partial charge on any atom is 0.293 e. The summed E-state index contributed by atoms with van der Waals surface area (Å²) in [5, 5.41) is 8.65. The van der Waals surface area contributed by atoms with Crippen LogP contribution in [-0.2, 0) is 17.8 Å². The van der Waals surface area contributed by atoms with Gasteiger partial charge in [0, 0.05) is 18.7 Å². The van der Waals surface area contributed by atoms with E-state index in [0.29, 0.717) is 23.0 Å². The molecule has 4 rings (SSSR count). The Kier molecular flexibility index (Phi) is 5.22. The van der Waals surface area contributed by atoms with Crippen molar-refractivity contribution in [1.82, 2.24) is 24.3 Å². The molecule has 3 heterocycles. The number of fused-ring (bicyclic) bond motifs is 1. The molecule has 0 unspecified atom stereocenters. The molecule has 2 atom stereocenters. The van der Waals surface area contributed by atoms with Gasteiger partial charge in [-0.05, 0) is 36.3 Å². The maximum absolute atomic E-state index is 12.9. The Labute approximate surface area is 170 Å². The van der Waals surface area contributed by atoms with Gasteiger partial charge >= 0.3 is 0 Å². The third kappa shape index (κ3) is 3.95. The Hall–Kier alpha value is -2.96. The third-order valence-electron chi connectivity index (χ3n) is 5.65. The number of aryl methyl sites for hydroxylation is 1. The van der Waals surface area contributed by atoms with E-state index < -0.39 is 0 Å². The minimum atomic E-state index is -0.303. The number of hydrogen-bond acceptors (Lipinski definition) is 4. The summed E-state index contributed by atoms with van der Waals surface area (Å²) < 4.78 is 2.73. The van der Waals surface area contributed by atoms with Crippen molar-refractivity contribution in [2.24, 2.45) is 11.8 Å². The summed E-state index contributed by atoms with van der Waals surface area (Å²) in [4.78, 5) is 27.5. The fraction of sp³-hybridized carbons (Fsp3) is 0.455. The zero-order chi connectivity index (χ0) is 20.5. The molecule has 0 radical (unpaired) electrons. The van der Waals surface area contributed by atoms with E-state index in [0.717, 1.165) is 31.5 Å². The van der Waals surface area contributed by atoms with Crippen molar-refractivity contribution in [1.29, 1.82) is 0 Å². The highest BCUT2D eigenvalue weighted by Crippen LogP contribution is 2.21. The Balaban J connectivity index is 1.59. The molecule has 1 amide bonds. The van der Waals surface area contributed by atoms with Crippen molar-refractivity contribution >= 4 is 11.4 Å². The SMILES string of the molecule is CCc1ccc(-c2cc3c(=O)n(CC(=O)N4C[C@@H](C)C[C@H](C)C4)ncn3n2)cc1. The van der Waals surface area contributed by atoms with Crippen LogP contribution in [0.4, 0.5) is 0 Å². The second-order valence-electron chi connectivity index (χ2n) is 8.25. The van der Waals surface area contributed by atoms with Crippen LogP contribution in [0.5, 0.6) is 0 Å². The van der Waals surface area contributed by atoms with Crippen LogP contribution in [0.3, 0.4) is 0 Å². The van der Waals surface area contributed by atoms with E-state index >= 15 is 0 Å². The molecule has 1 fully saturated rings. The fourth-order valence-corrected chi connectivity index (χ4v) is 4.20. The normalized spacial score (nSPS) is 19.6. The summed E-state index contributed by atoms with van der Waals surface area (Å²) in [5.41, 5.74) is 3.03. The molecule has 0 aliphatic carbocycles. The number of piperidine rings is 1. The quantitative estimate of drug-likeness (QED) is 0.683. The Morgan fingerprint density at radius 3 is 2.48 bits per heavy atom. The van der Waals surface area contributed by atoms with E-state index in [4.69, 9.17) is 0 Å². The number of carbonyl (C=O) groups is 1. The van der Waals surface area contributed by atoms with Gasteiger partial charge in [0.2, 0.25) is 5.91 Å². The maximum atomic E-state index is 12.9. The first-order valence-electron chi connectivity index (χ1n) is 10.3. The predicted octanol–water partition coefficient (Wildman–Crippen LogP) is 2.62. The predicted molar refractivity (Wildman–Crippen MR) is 112 cm³/mol. The second kappa shape index (κ2) is 7.81. The van der Waals surface area contributed by atoms with Gasteiger partial charge < -0.3 is 4.90 Å². The molecule has 0 saturated carbocycles. The van der Waals surface area contributed by atoms with Crippen LogP contribution in [0.15, 0.2) is 41.5 Å². The molecule has 152 valence electrons. The minimum Gasteiger partial charge on any atom is -0.341 e. The Morgan fingerprint density at radius 1 is 1.14 bits per heavy atom. The van der Waals surface area contributed by atoms with Crippen molar-refractivity contribution in [3.05, 3.63) is 52.6 Å². The van der Waals surface area contributed by atoms with E-state index in [1.165, 1.54) is 21.1 Å². The summed E-state index contributed by atoms with van der Waals surface area (Å²) in [6.45, 7) is 7.87. The van der Waals surface area contributed by atoms with Crippen molar-refractivity contribution < 1.29 is 4.79 Å². The third-order valence-corrected chi connectivity index (χ3v) is 5.65. The number of hydrogen-bond donors (Lipinski definition) is 0. The number of rotatable bonds is 4. The molecule has 1 aromatic carbocycles. The molecule has 3 aromatic rings. The van der Waals surface area contributed by atoms with Crippen molar-refractivity contribution in [3.63, 3.8) is 0 Å². The summed E-state index contributed by atoms with van der Waals surface area (Å²) in [6.07, 6.45) is 3.60. The Morgan fingerprint density at radius 2 is 1.83 bits per heavy atom. The molecule has 0 bridgehead atoms. The molecule has 0 N–H and O–H groups in total. The van der Waals surface area contributed by atoms with Crippen LogP contribution >= 0.6 is 0 Å². The van der Waals surface area contributed by atoms with Gasteiger partial charge in [-0.15, -0.1) is 0 Å². The highest BCUT2D eigenvalue weighted by Gasteiger charge is 2.26. The number of benzene rings is 1. The summed E-state index contributed by atoms with van der Waals surface area (Å²) in [5.74, 6) is 0.898. The molecule has 29 heavy (non-hydrogen) atoms. The van der Waals surface area contributed by atoms with Gasteiger partial charge in [-0.25, -0.2) is 9.20 Å². The van der Waals surface area contributed by atoms with E-state index in [2.05, 4.69) is 43.1 Å². The molecule has 7 nitrogen and oxygen atoms in total. The first-order chi connectivity index (χ1) is 13.9. The van der Waals surface area contributed by atoms with Crippen molar-refractivity contribution in [3.8, 4) is 11.3 Å². The lowest BCUT2D eigenvalue weighted by Gasteiger charge is -2.35. The summed E-state index contributed by atoms with van der Waals surface area (Å²) in [7, 11) is 0. The zero-order valence-electron chi connectivity index (χ0n) is 17.2. The molecule has 1 saturated heterocycles. The van der Waals surface area contributed by atoms with Crippen molar-refractivity contribution in [2.75, 3.05) is 13.1 Å². The Bertz CT molecular complexity index is 1070. The second-order valence-corrected chi connectivity index (χ2v) is 8.25. The fourth-order valence-electron chi connectivity index (χ4n) is 4.20. The molecule has 7 heteroatoms. The molecule has 1 aliphatic rings. The van der Waals surface area contributed by atoms with E-state index in [1.54, 1.807) is 6.07 Å². The molecule has 0 spiro atoms. The lowest BCUT2D eigenvalue weighted by atomic mass is 9.92. The number of nitrogens with zero attached hydrogens (tertiary/aromatic N) is 5. The van der Waals surface area contributed by atoms with E-state index in [-0.39, 0.29) is 18.0 Å². The van der Waals surface area contributed by atoms with Crippen LogP contribution in [0.2, 0.25) is 0 Å². The van der Waals surface area contributed by atoms with Crippen LogP contribution in [0, 0.1) is 11.8 Å². The van der Waals surface area contributed by atoms with E-state index in [1.807, 2.05) is 17.0 Å². The molecular weight excluding hydrogens is 366 g/mol. The summed E-state index contributed by atoms with van der Waals surface area (Å²) in [6, 6.07) is 9.91. The average molecular weight is 393 g/mol. The van der Waals surface area contributed by atoms with Gasteiger partial charge in [-0.1, -0.05) is 45.0 Å². The zero-order valence-corrected chi connectivity index (χ0v) is 17.2. The summed E-state index contributed by atoms with van der Waals surface area (Å²) >= 11 is 0. The van der Waals surface area contributed by atoms with Crippen LogP contribution in [-0.4, -0.2) is 43.3 Å². The molecule has 1 aliphatic heterocycles. The average Bonchev–Trinajstić information content (AvgIpc) is 3.14. The lowest BCUT2D eigenvalue weighted by Crippen LogP contribution is -2.45. The van der Waals surface area contributed by atoms with Gasteiger partial charge in [0.15, 0.2) is 0 Å². The van der Waals surface area contributed by atoms with Crippen molar-refractivity contribution in [2.45, 2.75) is 40.2 Å². The standard InChI is InChI=1S/C22H27N5O2/c1-4-17-5-7-18(8-6-17)19-10-20-22(29)26(23-14-27(20)24-19)13-21(28)25-11-15(2)9-16(3)12-25/h5-8,10,14-16H,4,9,11-13H2,1-3H3/t15-,16-/m0/s1. The topological polar surface area (TPSA) is 72.5 Å². The monoisotopic (exact) mass is 393 g/mol. The smallest absolute Gasteiger partial charge is 0.293 e. The first kappa shape index (κ1) is 19.4. The number of aromatic nitrogens is 4. The van der Waals surface area contributed by atoms with Gasteiger partial charge in [0.05, 0.1) is 5.69 Å². The van der Waals surface area contributed by atoms with Gasteiger partial charge in [0.1, 0.15) is 18.4 Å². The van der Waals surface area contributed by atoms with Gasteiger partial charge in [-0.2, -0.15) is 10.2 Å². The number of carbonyl (C=O) groups excluding carboxylic acids is 1. The number of likely N-dealkylation sites (tertiary alicyclic amines) is 1. The van der Waals surface area contributed by atoms with Gasteiger partial charge in [-0.3, -0.25) is 9.59 Å². The van der Waals surface area contributed by atoms with Gasteiger partial charge in [0.25, 0.3) is 5.56 Å². The van der Waals surface area contributed by atoms with Crippen LogP contribution in [0.25, 0.3) is 16.8 Å². The highest BCUT2D eigenvalue weighted by atomic mass is 16.2. The molecular formula is C22H27N5O2. The minimum absolute atomic E-state index is 0.0412. The largest absolute Gasteiger partial charge is 0.341 e. The van der Waals surface area contributed by atoms with E-state index in [9.17, 15) is 9.59 Å². The van der Waals surface area contributed by atoms with Crippen LogP contribution < -0.4 is 5.56 Å². The first-order valence-corrected chi connectivity index (χ1v) is 10.3. The molecule has 2 aromatic heterocycles. The highest BCUT2D eigenvalue weighted by molar-refractivity contribution is 5.76. The number of amides is 1.